The number of benzene rings is 1. The second-order valence-corrected chi connectivity index (χ2v) is 14.4. The number of likely N-dealkylation sites (tertiary alicyclic amines) is 1. The molecule has 1 atom stereocenters. The van der Waals surface area contributed by atoms with E-state index in [4.69, 9.17) is 16.1 Å². The highest BCUT2D eigenvalue weighted by Gasteiger charge is 2.38. The third kappa shape index (κ3) is 7.47. The van der Waals surface area contributed by atoms with E-state index in [2.05, 4.69) is 19.8 Å². The summed E-state index contributed by atoms with van der Waals surface area (Å²) in [5.41, 5.74) is -2.84. The summed E-state index contributed by atoms with van der Waals surface area (Å²) in [6.45, 7) is 5.55. The average molecular weight is 696 g/mol. The number of halogens is 5. The number of carbonyl (C=O) groups excluding carboxylic acids is 1. The van der Waals surface area contributed by atoms with Crippen molar-refractivity contribution in [1.82, 2.24) is 24.7 Å². The number of nitrogens with one attached hydrogen (secondary N) is 1. The van der Waals surface area contributed by atoms with Gasteiger partial charge < -0.3 is 14.5 Å². The van der Waals surface area contributed by atoms with Crippen molar-refractivity contribution in [3.8, 4) is 21.3 Å². The van der Waals surface area contributed by atoms with Gasteiger partial charge in [0.2, 0.25) is 21.7 Å². The zero-order valence-corrected chi connectivity index (χ0v) is 26.9. The molecule has 11 nitrogen and oxygen atoms in total. The van der Waals surface area contributed by atoms with Crippen LogP contribution in [0.2, 0.25) is 5.02 Å². The Bertz CT molecular complexity index is 1700. The molecule has 2 N–H and O–H groups in total. The van der Waals surface area contributed by atoms with E-state index in [0.29, 0.717) is 17.8 Å². The third-order valence-corrected chi connectivity index (χ3v) is 10.5. The number of carboxylic acid groups (broad SMARTS) is 1. The van der Waals surface area contributed by atoms with Crippen LogP contribution in [0.5, 0.6) is 0 Å². The van der Waals surface area contributed by atoms with Gasteiger partial charge >= 0.3 is 5.97 Å². The predicted octanol–water partition coefficient (Wildman–Crippen LogP) is 6.05. The molecule has 0 bridgehead atoms. The minimum absolute atomic E-state index is 0.0695. The molecule has 3 aromatic rings. The van der Waals surface area contributed by atoms with Gasteiger partial charge in [0.1, 0.15) is 10.6 Å². The molecule has 1 aliphatic rings. The van der Waals surface area contributed by atoms with Crippen molar-refractivity contribution in [2.75, 3.05) is 13.1 Å². The molecule has 1 aromatic carbocycles. The number of hydrogen-bond donors (Lipinski definition) is 2. The summed E-state index contributed by atoms with van der Waals surface area (Å²) in [6, 6.07) is 1.59. The van der Waals surface area contributed by atoms with Crippen molar-refractivity contribution in [1.29, 1.82) is 0 Å². The largest absolute Gasteiger partial charge is 0.481 e. The predicted molar refractivity (Wildman–Crippen MR) is 156 cm³/mol. The van der Waals surface area contributed by atoms with E-state index in [-0.39, 0.29) is 52.4 Å². The zero-order valence-electron chi connectivity index (χ0n) is 24.5. The van der Waals surface area contributed by atoms with Crippen LogP contribution in [0.25, 0.3) is 21.3 Å². The summed E-state index contributed by atoms with van der Waals surface area (Å²) in [6.07, 6.45) is -4.26. The Kier molecular flexibility index (Phi) is 9.97. The summed E-state index contributed by atoms with van der Waals surface area (Å²) in [5.74, 6) is -5.17. The first-order valence-electron chi connectivity index (χ1n) is 13.7. The summed E-state index contributed by atoms with van der Waals surface area (Å²) in [4.78, 5) is 34.0. The van der Waals surface area contributed by atoms with E-state index in [9.17, 15) is 40.7 Å². The van der Waals surface area contributed by atoms with Gasteiger partial charge in [0.15, 0.2) is 5.01 Å². The van der Waals surface area contributed by atoms with Crippen LogP contribution in [-0.4, -0.2) is 70.5 Å². The first-order chi connectivity index (χ1) is 20.9. The van der Waals surface area contributed by atoms with Crippen molar-refractivity contribution in [2.24, 2.45) is 5.41 Å². The Balaban J connectivity index is 1.85. The number of carbonyl (C=O) groups is 2. The molecular weight excluding hydrogens is 666 g/mol. The molecule has 2 aromatic heterocycles. The molecule has 1 saturated heterocycles. The van der Waals surface area contributed by atoms with Gasteiger partial charge in [-0.25, -0.2) is 35.7 Å². The van der Waals surface area contributed by atoms with Crippen LogP contribution in [0.1, 0.15) is 75.3 Å². The van der Waals surface area contributed by atoms with Crippen LogP contribution >= 0.6 is 22.9 Å². The van der Waals surface area contributed by atoms with E-state index in [1.54, 1.807) is 13.8 Å². The number of rotatable bonds is 11. The lowest BCUT2D eigenvalue weighted by Crippen LogP contribution is -2.43. The van der Waals surface area contributed by atoms with Crippen LogP contribution < -0.4 is 4.72 Å². The van der Waals surface area contributed by atoms with E-state index in [1.807, 2.05) is 0 Å². The highest BCUT2D eigenvalue weighted by atomic mass is 35.5. The van der Waals surface area contributed by atoms with Gasteiger partial charge in [-0.05, 0) is 33.3 Å². The molecule has 1 fully saturated rings. The van der Waals surface area contributed by atoms with Crippen molar-refractivity contribution in [2.45, 2.75) is 76.7 Å². The maximum atomic E-state index is 14.6. The number of alkyl halides is 4. The van der Waals surface area contributed by atoms with Crippen molar-refractivity contribution in [3.63, 3.8) is 0 Å². The first-order valence-corrected chi connectivity index (χ1v) is 16.4. The Hall–Kier alpha value is -3.15. The normalized spacial score (nSPS) is 16.3. The van der Waals surface area contributed by atoms with Gasteiger partial charge in [0, 0.05) is 49.5 Å². The minimum atomic E-state index is -4.32. The lowest BCUT2D eigenvalue weighted by molar-refractivity contribution is -0.147. The monoisotopic (exact) mass is 695 g/mol. The standard InChI is InChI=1S/C27H30ClF4N5O6S2/c1-5-13(2)36-45(41,42)15-7-6-14(17(18(15)28)21(29)30)20-19(24(38)37-10-8-27(31,32)9-11-37)34-23(44-20)22-33-16(43-35-22)12-26(3,4)25(39)40/h6-7,13,21,36H,5,8-12H2,1-4H3,(H,39,40)/t13-/m1/s1. The molecule has 0 unspecified atom stereocenters. The molecule has 0 aliphatic carbocycles. The van der Waals surface area contributed by atoms with E-state index >= 15 is 0 Å². The van der Waals surface area contributed by atoms with Crippen LogP contribution in [0.15, 0.2) is 21.6 Å². The Morgan fingerprint density at radius 3 is 2.44 bits per heavy atom. The second-order valence-electron chi connectivity index (χ2n) is 11.3. The summed E-state index contributed by atoms with van der Waals surface area (Å²) in [5, 5.41) is 12.4. The van der Waals surface area contributed by atoms with Gasteiger partial charge in [-0.3, -0.25) is 9.59 Å². The Morgan fingerprint density at radius 1 is 1.22 bits per heavy atom. The van der Waals surface area contributed by atoms with Gasteiger partial charge in [0.25, 0.3) is 18.3 Å². The molecule has 0 radical (unpaired) electrons. The zero-order chi connectivity index (χ0) is 33.5. The molecule has 18 heteroatoms. The molecule has 246 valence electrons. The van der Waals surface area contributed by atoms with Gasteiger partial charge in [-0.15, -0.1) is 11.3 Å². The first kappa shape index (κ1) is 34.7. The molecule has 3 heterocycles. The van der Waals surface area contributed by atoms with Gasteiger partial charge in [0.05, 0.1) is 15.3 Å². The maximum absolute atomic E-state index is 14.6. The number of piperidine rings is 1. The molecule has 1 aliphatic heterocycles. The fraction of sp³-hybridized carbons (Fsp3) is 0.519. The number of carboxylic acids is 1. The van der Waals surface area contributed by atoms with E-state index in [0.717, 1.165) is 17.0 Å². The number of hydrogen-bond acceptors (Lipinski definition) is 9. The number of thiazole rings is 1. The van der Waals surface area contributed by atoms with Crippen LogP contribution in [0.4, 0.5) is 17.6 Å². The highest BCUT2D eigenvalue weighted by Crippen LogP contribution is 2.45. The highest BCUT2D eigenvalue weighted by molar-refractivity contribution is 7.89. The molecule has 0 spiro atoms. The Labute approximate surface area is 265 Å². The summed E-state index contributed by atoms with van der Waals surface area (Å²) in [7, 11) is -4.32. The molecule has 45 heavy (non-hydrogen) atoms. The molecule has 4 rings (SSSR count). The summed E-state index contributed by atoms with van der Waals surface area (Å²) < 4.78 is 90.4. The number of aromatic nitrogens is 3. The fourth-order valence-electron chi connectivity index (χ4n) is 4.40. The van der Waals surface area contributed by atoms with Gasteiger partial charge in [-0.2, -0.15) is 4.98 Å². The number of nitrogens with zero attached hydrogens (tertiary/aromatic N) is 4. The molecular formula is C27H30ClF4N5O6S2. The van der Waals surface area contributed by atoms with Crippen LogP contribution in [0.3, 0.4) is 0 Å². The lowest BCUT2D eigenvalue weighted by Gasteiger charge is -2.31. The quantitative estimate of drug-likeness (QED) is 0.228. The number of sulfonamides is 1. The van der Waals surface area contributed by atoms with Crippen LogP contribution in [-0.2, 0) is 21.2 Å². The fourth-order valence-corrected chi connectivity index (χ4v) is 7.39. The minimum Gasteiger partial charge on any atom is -0.481 e. The maximum Gasteiger partial charge on any atom is 0.309 e. The smallest absolute Gasteiger partial charge is 0.309 e. The van der Waals surface area contributed by atoms with Crippen LogP contribution in [0, 0.1) is 5.41 Å². The lowest BCUT2D eigenvalue weighted by atomic mass is 9.90. The number of amides is 1. The van der Waals surface area contributed by atoms with E-state index < -0.39 is 74.0 Å². The summed E-state index contributed by atoms with van der Waals surface area (Å²) >= 11 is 7.01. The molecule has 1 amide bonds. The van der Waals surface area contributed by atoms with E-state index in [1.165, 1.54) is 13.8 Å². The topological polar surface area (TPSA) is 156 Å². The second kappa shape index (κ2) is 12.9. The Morgan fingerprint density at radius 2 is 1.87 bits per heavy atom. The van der Waals surface area contributed by atoms with Gasteiger partial charge in [-0.1, -0.05) is 29.7 Å². The SMILES string of the molecule is CC[C@@H](C)NS(=O)(=O)c1ccc(-c2sc(-c3noc(CC(C)(C)C(=O)O)n3)nc2C(=O)N2CCC(F)(F)CC2)c(C(F)F)c1Cl. The van der Waals surface area contributed by atoms with Crippen molar-refractivity contribution >= 4 is 44.8 Å². The van der Waals surface area contributed by atoms with Crippen molar-refractivity contribution < 1.29 is 45.2 Å². The third-order valence-electron chi connectivity index (χ3n) is 7.31. The number of aliphatic carboxylic acids is 1. The van der Waals surface area contributed by atoms with Crippen molar-refractivity contribution in [3.05, 3.63) is 34.3 Å². The average Bonchev–Trinajstić information content (AvgIpc) is 3.59. The molecule has 0 saturated carbocycles.